The van der Waals surface area contributed by atoms with Crippen LogP contribution in [0.5, 0.6) is 0 Å². The second-order valence-electron chi connectivity index (χ2n) is 4.95. The first-order valence-electron chi connectivity index (χ1n) is 6.24. The fourth-order valence-electron chi connectivity index (χ4n) is 2.94. The predicted octanol–water partition coefficient (Wildman–Crippen LogP) is 3.38. The number of nitrogens with one attached hydrogen (secondary N) is 1. The molecule has 0 bridgehead atoms. The van der Waals surface area contributed by atoms with Crippen LogP contribution in [-0.2, 0) is 0 Å². The lowest BCUT2D eigenvalue weighted by Gasteiger charge is -2.21. The van der Waals surface area contributed by atoms with Crippen LogP contribution in [0.4, 0.5) is 8.78 Å². The van der Waals surface area contributed by atoms with Crippen molar-refractivity contribution >= 4 is 0 Å². The molecular formula is C14H19F2N. The number of rotatable bonds is 3. The Labute approximate surface area is 101 Å². The molecule has 1 aliphatic carbocycles. The molecule has 2 rings (SSSR count). The molecule has 0 amide bonds. The molecule has 2 atom stereocenters. The van der Waals surface area contributed by atoms with Crippen molar-refractivity contribution in [3.63, 3.8) is 0 Å². The molecule has 1 fully saturated rings. The summed E-state index contributed by atoms with van der Waals surface area (Å²) in [5.41, 5.74) is 0.847. The van der Waals surface area contributed by atoms with Crippen LogP contribution in [0.15, 0.2) is 12.1 Å². The molecule has 94 valence electrons. The first kappa shape index (κ1) is 12.5. The van der Waals surface area contributed by atoms with Crippen LogP contribution in [0.2, 0.25) is 0 Å². The number of hydrogen-bond donors (Lipinski definition) is 1. The molecule has 0 aromatic heterocycles. The van der Waals surface area contributed by atoms with Crippen LogP contribution >= 0.6 is 0 Å². The predicted molar refractivity (Wildman–Crippen MR) is 65.1 cm³/mol. The lowest BCUT2D eigenvalue weighted by molar-refractivity contribution is 0.427. The maximum absolute atomic E-state index is 14.1. The molecule has 0 aliphatic heterocycles. The van der Waals surface area contributed by atoms with E-state index in [4.69, 9.17) is 0 Å². The van der Waals surface area contributed by atoms with Gasteiger partial charge < -0.3 is 5.32 Å². The largest absolute Gasteiger partial charge is 0.319 e. The fraction of sp³-hybridized carbons (Fsp3) is 0.571. The van der Waals surface area contributed by atoms with Gasteiger partial charge in [-0.05, 0) is 56.8 Å². The van der Waals surface area contributed by atoms with Crippen molar-refractivity contribution < 1.29 is 8.78 Å². The Morgan fingerprint density at radius 3 is 2.76 bits per heavy atom. The summed E-state index contributed by atoms with van der Waals surface area (Å²) >= 11 is 0. The molecule has 1 aliphatic rings. The summed E-state index contributed by atoms with van der Waals surface area (Å²) in [6, 6.07) is 2.90. The van der Waals surface area contributed by atoms with Gasteiger partial charge >= 0.3 is 0 Å². The second-order valence-corrected chi connectivity index (χ2v) is 4.95. The van der Waals surface area contributed by atoms with E-state index < -0.39 is 0 Å². The number of hydrogen-bond acceptors (Lipinski definition) is 1. The molecule has 0 spiro atoms. The van der Waals surface area contributed by atoms with Crippen LogP contribution in [-0.4, -0.2) is 13.6 Å². The summed E-state index contributed by atoms with van der Waals surface area (Å²) in [7, 11) is 1.89. The SMILES string of the molecule is CNCC1CCCC1c1c(F)ccc(C)c1F. The maximum atomic E-state index is 14.1. The Morgan fingerprint density at radius 1 is 1.29 bits per heavy atom. The molecular weight excluding hydrogens is 220 g/mol. The van der Waals surface area contributed by atoms with Crippen molar-refractivity contribution in [3.8, 4) is 0 Å². The van der Waals surface area contributed by atoms with Gasteiger partial charge in [0.25, 0.3) is 0 Å². The monoisotopic (exact) mass is 239 g/mol. The van der Waals surface area contributed by atoms with Crippen LogP contribution in [0, 0.1) is 24.5 Å². The van der Waals surface area contributed by atoms with E-state index >= 15 is 0 Å². The van der Waals surface area contributed by atoms with Gasteiger partial charge in [-0.25, -0.2) is 8.78 Å². The van der Waals surface area contributed by atoms with Gasteiger partial charge in [-0.1, -0.05) is 12.5 Å². The Hall–Kier alpha value is -0.960. The van der Waals surface area contributed by atoms with Gasteiger partial charge in [0.15, 0.2) is 0 Å². The molecule has 1 N–H and O–H groups in total. The summed E-state index contributed by atoms with van der Waals surface area (Å²) in [6.07, 6.45) is 3.01. The molecule has 1 aromatic carbocycles. The fourth-order valence-corrected chi connectivity index (χ4v) is 2.94. The summed E-state index contributed by atoms with van der Waals surface area (Å²) < 4.78 is 27.9. The maximum Gasteiger partial charge on any atom is 0.132 e. The van der Waals surface area contributed by atoms with Crippen molar-refractivity contribution in [3.05, 3.63) is 34.9 Å². The average Bonchev–Trinajstić information content (AvgIpc) is 2.73. The van der Waals surface area contributed by atoms with Crippen molar-refractivity contribution in [2.75, 3.05) is 13.6 Å². The third kappa shape index (κ3) is 2.34. The van der Waals surface area contributed by atoms with E-state index in [9.17, 15) is 8.78 Å². The first-order valence-corrected chi connectivity index (χ1v) is 6.24. The quantitative estimate of drug-likeness (QED) is 0.852. The highest BCUT2D eigenvalue weighted by molar-refractivity contribution is 5.30. The topological polar surface area (TPSA) is 12.0 Å². The van der Waals surface area contributed by atoms with Gasteiger partial charge in [0.2, 0.25) is 0 Å². The second kappa shape index (κ2) is 5.13. The normalized spacial score (nSPS) is 24.2. The zero-order valence-corrected chi connectivity index (χ0v) is 10.4. The number of aryl methyl sites for hydroxylation is 1. The van der Waals surface area contributed by atoms with E-state index in [0.29, 0.717) is 17.0 Å². The highest BCUT2D eigenvalue weighted by atomic mass is 19.1. The van der Waals surface area contributed by atoms with Crippen molar-refractivity contribution in [1.82, 2.24) is 5.32 Å². The zero-order chi connectivity index (χ0) is 12.4. The van der Waals surface area contributed by atoms with Crippen LogP contribution in [0.25, 0.3) is 0 Å². The van der Waals surface area contributed by atoms with E-state index in [1.165, 1.54) is 12.1 Å². The van der Waals surface area contributed by atoms with Gasteiger partial charge in [0.05, 0.1) is 0 Å². The molecule has 0 heterocycles. The number of benzene rings is 1. The van der Waals surface area contributed by atoms with Gasteiger partial charge in [0, 0.05) is 5.56 Å². The summed E-state index contributed by atoms with van der Waals surface area (Å²) in [5.74, 6) is -0.354. The Morgan fingerprint density at radius 2 is 2.06 bits per heavy atom. The highest BCUT2D eigenvalue weighted by Crippen LogP contribution is 2.41. The molecule has 0 saturated heterocycles. The minimum atomic E-state index is -0.388. The van der Waals surface area contributed by atoms with Crippen molar-refractivity contribution in [2.45, 2.75) is 32.1 Å². The third-order valence-corrected chi connectivity index (χ3v) is 3.82. The van der Waals surface area contributed by atoms with E-state index in [2.05, 4.69) is 5.32 Å². The van der Waals surface area contributed by atoms with Gasteiger partial charge in [-0.15, -0.1) is 0 Å². The lowest BCUT2D eigenvalue weighted by atomic mass is 9.87. The van der Waals surface area contributed by atoms with Gasteiger partial charge in [0.1, 0.15) is 11.6 Å². The van der Waals surface area contributed by atoms with Crippen LogP contribution in [0.1, 0.15) is 36.3 Å². The summed E-state index contributed by atoms with van der Waals surface area (Å²) in [4.78, 5) is 0. The van der Waals surface area contributed by atoms with Gasteiger partial charge in [-0.2, -0.15) is 0 Å². The standard InChI is InChI=1S/C14H19F2N/c1-9-6-7-12(15)13(14(9)16)11-5-3-4-10(11)8-17-2/h6-7,10-11,17H,3-5,8H2,1-2H3. The van der Waals surface area contributed by atoms with Crippen molar-refractivity contribution in [1.29, 1.82) is 0 Å². The molecule has 17 heavy (non-hydrogen) atoms. The number of halogens is 2. The minimum absolute atomic E-state index is 0.0300. The van der Waals surface area contributed by atoms with Gasteiger partial charge in [-0.3, -0.25) is 0 Å². The Balaban J connectivity index is 2.36. The smallest absolute Gasteiger partial charge is 0.132 e. The molecule has 0 radical (unpaired) electrons. The first-order chi connectivity index (χ1) is 8.15. The Bertz CT molecular complexity index is 403. The van der Waals surface area contributed by atoms with Crippen LogP contribution in [0.3, 0.4) is 0 Å². The van der Waals surface area contributed by atoms with E-state index in [1.54, 1.807) is 6.92 Å². The highest BCUT2D eigenvalue weighted by Gasteiger charge is 2.32. The zero-order valence-electron chi connectivity index (χ0n) is 10.4. The Kier molecular flexibility index (Phi) is 3.77. The molecule has 2 unspecified atom stereocenters. The summed E-state index contributed by atoms with van der Waals surface area (Å²) in [5, 5.41) is 3.12. The molecule has 3 heteroatoms. The van der Waals surface area contributed by atoms with Crippen molar-refractivity contribution in [2.24, 2.45) is 5.92 Å². The third-order valence-electron chi connectivity index (χ3n) is 3.82. The van der Waals surface area contributed by atoms with E-state index in [-0.39, 0.29) is 17.6 Å². The molecule has 1 nitrogen and oxygen atoms in total. The van der Waals surface area contributed by atoms with E-state index in [1.807, 2.05) is 7.05 Å². The average molecular weight is 239 g/mol. The minimum Gasteiger partial charge on any atom is -0.319 e. The molecule has 1 aromatic rings. The molecule has 1 saturated carbocycles. The lowest BCUT2D eigenvalue weighted by Crippen LogP contribution is -2.22. The van der Waals surface area contributed by atoms with E-state index in [0.717, 1.165) is 25.8 Å². The summed E-state index contributed by atoms with van der Waals surface area (Å²) in [6.45, 7) is 2.53. The van der Waals surface area contributed by atoms with Crippen LogP contribution < -0.4 is 5.32 Å².